The van der Waals surface area contributed by atoms with Crippen LogP contribution in [0.2, 0.25) is 0 Å². The van der Waals surface area contributed by atoms with Gasteiger partial charge in [0.1, 0.15) is 10.7 Å². The Kier molecular flexibility index (Phi) is 3.91. The van der Waals surface area contributed by atoms with Gasteiger partial charge in [0, 0.05) is 12.7 Å². The fraction of sp³-hybridized carbons (Fsp3) is 0.200. The lowest BCUT2D eigenvalue weighted by Crippen LogP contribution is -2.27. The predicted octanol–water partition coefficient (Wildman–Crippen LogP) is 2.85. The molecule has 112 valence electrons. The van der Waals surface area contributed by atoms with E-state index in [0.29, 0.717) is 11.3 Å². The molecular weight excluding hydrogens is 291 g/mol. The molecule has 0 saturated heterocycles. The van der Waals surface area contributed by atoms with E-state index in [-0.39, 0.29) is 5.69 Å². The van der Waals surface area contributed by atoms with Crippen LogP contribution < -0.4 is 10.0 Å². The van der Waals surface area contributed by atoms with E-state index in [1.807, 2.05) is 13.0 Å². The molecule has 0 aliphatic carbocycles. The number of nitrogens with zero attached hydrogens (tertiary/aromatic N) is 1. The highest BCUT2D eigenvalue weighted by Gasteiger charge is 2.25. The van der Waals surface area contributed by atoms with Crippen molar-refractivity contribution in [3.8, 4) is 0 Å². The van der Waals surface area contributed by atoms with E-state index >= 15 is 0 Å². The van der Waals surface area contributed by atoms with Crippen molar-refractivity contribution in [3.05, 3.63) is 53.3 Å². The molecular formula is C15H17FN2O2S. The third-order valence-corrected chi connectivity index (χ3v) is 5.12. The predicted molar refractivity (Wildman–Crippen MR) is 82.3 cm³/mol. The summed E-state index contributed by atoms with van der Waals surface area (Å²) in [6.45, 7) is 3.48. The van der Waals surface area contributed by atoms with Crippen LogP contribution in [0.15, 0.2) is 41.3 Å². The average molecular weight is 308 g/mol. The summed E-state index contributed by atoms with van der Waals surface area (Å²) in [6.07, 6.45) is 0. The van der Waals surface area contributed by atoms with Crippen molar-refractivity contribution in [3.63, 3.8) is 0 Å². The Labute approximate surface area is 124 Å². The molecule has 0 aliphatic rings. The summed E-state index contributed by atoms with van der Waals surface area (Å²) in [5.74, 6) is -0.804. The molecule has 0 amide bonds. The van der Waals surface area contributed by atoms with E-state index < -0.39 is 20.7 Å². The molecule has 2 rings (SSSR count). The number of hydrogen-bond acceptors (Lipinski definition) is 3. The molecule has 0 fully saturated rings. The third-order valence-electron chi connectivity index (χ3n) is 3.32. The van der Waals surface area contributed by atoms with E-state index in [2.05, 4.69) is 0 Å². The molecule has 0 aliphatic heterocycles. The first-order valence-electron chi connectivity index (χ1n) is 6.34. The van der Waals surface area contributed by atoms with E-state index in [1.165, 1.54) is 7.05 Å². The molecule has 0 atom stereocenters. The van der Waals surface area contributed by atoms with Crippen molar-refractivity contribution in [2.24, 2.45) is 0 Å². The monoisotopic (exact) mass is 308 g/mol. The Morgan fingerprint density at radius 3 is 2.43 bits per heavy atom. The van der Waals surface area contributed by atoms with Crippen molar-refractivity contribution < 1.29 is 12.8 Å². The van der Waals surface area contributed by atoms with Crippen molar-refractivity contribution in [2.75, 3.05) is 17.1 Å². The number of nitrogen functional groups attached to an aromatic ring is 1. The van der Waals surface area contributed by atoms with E-state index in [4.69, 9.17) is 5.73 Å². The summed E-state index contributed by atoms with van der Waals surface area (Å²) in [6, 6.07) is 9.26. The van der Waals surface area contributed by atoms with Gasteiger partial charge in [-0.05, 0) is 49.2 Å². The second-order valence-electron chi connectivity index (χ2n) is 4.95. The summed E-state index contributed by atoms with van der Waals surface area (Å²) < 4.78 is 40.2. The lowest BCUT2D eigenvalue weighted by atomic mass is 10.2. The van der Waals surface area contributed by atoms with Crippen LogP contribution in [0.4, 0.5) is 15.8 Å². The minimum atomic E-state index is -4.00. The van der Waals surface area contributed by atoms with Gasteiger partial charge in [-0.3, -0.25) is 4.31 Å². The van der Waals surface area contributed by atoms with E-state index in [0.717, 1.165) is 22.0 Å². The molecule has 0 saturated carbocycles. The molecule has 0 heterocycles. The molecule has 0 unspecified atom stereocenters. The molecule has 6 heteroatoms. The van der Waals surface area contributed by atoms with Crippen molar-refractivity contribution in [2.45, 2.75) is 18.7 Å². The van der Waals surface area contributed by atoms with Gasteiger partial charge in [0.05, 0.1) is 5.69 Å². The quantitative estimate of drug-likeness (QED) is 0.887. The number of hydrogen-bond donors (Lipinski definition) is 1. The maximum atomic E-state index is 14.0. The zero-order valence-electron chi connectivity index (χ0n) is 12.1. The molecule has 4 nitrogen and oxygen atoms in total. The van der Waals surface area contributed by atoms with Gasteiger partial charge in [-0.15, -0.1) is 0 Å². The minimum Gasteiger partial charge on any atom is -0.398 e. The summed E-state index contributed by atoms with van der Waals surface area (Å²) in [7, 11) is -2.61. The Morgan fingerprint density at radius 2 is 1.81 bits per heavy atom. The van der Waals surface area contributed by atoms with E-state index in [1.54, 1.807) is 25.1 Å². The number of aryl methyl sites for hydroxylation is 2. The van der Waals surface area contributed by atoms with Crippen molar-refractivity contribution >= 4 is 21.4 Å². The Balaban J connectivity index is 2.54. The van der Waals surface area contributed by atoms with Gasteiger partial charge in [-0.2, -0.15) is 0 Å². The molecule has 21 heavy (non-hydrogen) atoms. The van der Waals surface area contributed by atoms with Gasteiger partial charge in [0.15, 0.2) is 0 Å². The van der Waals surface area contributed by atoms with Crippen LogP contribution in [0.5, 0.6) is 0 Å². The number of nitrogens with two attached hydrogens (primary N) is 1. The number of anilines is 2. The van der Waals surface area contributed by atoms with Crippen LogP contribution in [-0.4, -0.2) is 15.5 Å². The lowest BCUT2D eigenvalue weighted by Gasteiger charge is -2.20. The summed E-state index contributed by atoms with van der Waals surface area (Å²) >= 11 is 0. The molecule has 2 aromatic carbocycles. The normalized spacial score (nSPS) is 11.4. The summed E-state index contributed by atoms with van der Waals surface area (Å²) in [5, 5.41) is 0. The van der Waals surface area contributed by atoms with Crippen LogP contribution >= 0.6 is 0 Å². The highest BCUT2D eigenvalue weighted by atomic mass is 32.2. The molecule has 2 aromatic rings. The average Bonchev–Trinajstić information content (AvgIpc) is 2.41. The van der Waals surface area contributed by atoms with Crippen LogP contribution in [0.1, 0.15) is 11.1 Å². The van der Waals surface area contributed by atoms with Crippen LogP contribution in [-0.2, 0) is 10.0 Å². The van der Waals surface area contributed by atoms with Gasteiger partial charge in [-0.25, -0.2) is 12.8 Å². The Hall–Kier alpha value is -2.08. The van der Waals surface area contributed by atoms with Crippen LogP contribution in [0.3, 0.4) is 0 Å². The maximum absolute atomic E-state index is 14.0. The molecule has 0 bridgehead atoms. The van der Waals surface area contributed by atoms with Gasteiger partial charge < -0.3 is 5.73 Å². The standard InChI is InChI=1S/C15H17FN2O2S/c1-10-5-4-6-12(7-10)18(3)21(19,20)15-9-14(17)11(2)8-13(15)16/h4-9H,17H2,1-3H3. The van der Waals surface area contributed by atoms with Crippen molar-refractivity contribution in [1.29, 1.82) is 0 Å². The number of sulfonamides is 1. The number of benzene rings is 2. The van der Waals surface area contributed by atoms with Gasteiger partial charge in [-0.1, -0.05) is 12.1 Å². The van der Waals surface area contributed by atoms with Gasteiger partial charge >= 0.3 is 0 Å². The first kappa shape index (κ1) is 15.3. The fourth-order valence-electron chi connectivity index (χ4n) is 1.98. The summed E-state index contributed by atoms with van der Waals surface area (Å²) in [5.41, 5.74) is 7.83. The second kappa shape index (κ2) is 5.37. The summed E-state index contributed by atoms with van der Waals surface area (Å²) in [4.78, 5) is -0.422. The second-order valence-corrected chi connectivity index (χ2v) is 6.89. The third kappa shape index (κ3) is 2.85. The molecule has 0 aromatic heterocycles. The van der Waals surface area contributed by atoms with Crippen LogP contribution in [0, 0.1) is 19.7 Å². The topological polar surface area (TPSA) is 63.4 Å². The van der Waals surface area contributed by atoms with Gasteiger partial charge in [0.25, 0.3) is 10.0 Å². The number of rotatable bonds is 3. The first-order valence-corrected chi connectivity index (χ1v) is 7.78. The molecule has 0 radical (unpaired) electrons. The fourth-order valence-corrected chi connectivity index (χ4v) is 3.24. The zero-order valence-corrected chi connectivity index (χ0v) is 12.9. The van der Waals surface area contributed by atoms with Gasteiger partial charge in [0.2, 0.25) is 0 Å². The van der Waals surface area contributed by atoms with Crippen molar-refractivity contribution in [1.82, 2.24) is 0 Å². The van der Waals surface area contributed by atoms with Crippen LogP contribution in [0.25, 0.3) is 0 Å². The Morgan fingerprint density at radius 1 is 1.14 bits per heavy atom. The minimum absolute atomic E-state index is 0.243. The highest BCUT2D eigenvalue weighted by Crippen LogP contribution is 2.27. The Bertz CT molecular complexity index is 788. The number of halogens is 1. The molecule has 0 spiro atoms. The SMILES string of the molecule is Cc1cccc(N(C)S(=O)(=O)c2cc(N)c(C)cc2F)c1. The lowest BCUT2D eigenvalue weighted by molar-refractivity contribution is 0.565. The maximum Gasteiger partial charge on any atom is 0.267 e. The zero-order chi connectivity index (χ0) is 15.8. The molecule has 2 N–H and O–H groups in total. The van der Waals surface area contributed by atoms with E-state index in [9.17, 15) is 12.8 Å². The highest BCUT2D eigenvalue weighted by molar-refractivity contribution is 7.92. The largest absolute Gasteiger partial charge is 0.398 e. The first-order chi connectivity index (χ1) is 9.73. The smallest absolute Gasteiger partial charge is 0.267 e.